The molecule has 7 heteroatoms. The number of aromatic amines is 1. The van der Waals surface area contributed by atoms with Gasteiger partial charge in [-0.25, -0.2) is 4.98 Å². The average molecular weight is 380 g/mol. The molecule has 0 aliphatic heterocycles. The summed E-state index contributed by atoms with van der Waals surface area (Å²) in [6.45, 7) is 6.88. The lowest BCUT2D eigenvalue weighted by Crippen LogP contribution is -2.12. The molecule has 1 heterocycles. The zero-order chi connectivity index (χ0) is 19.9. The Bertz CT molecular complexity index is 935. The van der Waals surface area contributed by atoms with Crippen molar-refractivity contribution in [3.05, 3.63) is 53.9 Å². The summed E-state index contributed by atoms with van der Waals surface area (Å²) >= 11 is 0. The second-order valence-corrected chi connectivity index (χ2v) is 6.22. The van der Waals surface area contributed by atoms with Gasteiger partial charge in [-0.15, -0.1) is 0 Å². The predicted octanol–water partition coefficient (Wildman–Crippen LogP) is 4.22. The van der Waals surface area contributed by atoms with Crippen LogP contribution < -0.4 is 14.8 Å². The van der Waals surface area contributed by atoms with E-state index in [0.29, 0.717) is 41.8 Å². The third-order valence-electron chi connectivity index (χ3n) is 3.97. The van der Waals surface area contributed by atoms with Gasteiger partial charge in [-0.1, -0.05) is 6.92 Å². The zero-order valence-electron chi connectivity index (χ0n) is 16.3. The van der Waals surface area contributed by atoms with Crippen molar-refractivity contribution in [1.29, 1.82) is 0 Å². The van der Waals surface area contributed by atoms with E-state index in [1.165, 1.54) is 0 Å². The first-order chi connectivity index (χ1) is 13.6. The monoisotopic (exact) mass is 380 g/mol. The Labute approximate surface area is 164 Å². The molecule has 0 aliphatic rings. The van der Waals surface area contributed by atoms with E-state index in [1.807, 2.05) is 45.0 Å². The van der Waals surface area contributed by atoms with Crippen molar-refractivity contribution in [2.75, 3.05) is 18.5 Å². The number of amides is 1. The summed E-state index contributed by atoms with van der Waals surface area (Å²) in [5, 5.41) is 9.84. The Kier molecular flexibility index (Phi) is 6.26. The molecular formula is C21H24N4O3. The Hall–Kier alpha value is -3.35. The van der Waals surface area contributed by atoms with Gasteiger partial charge in [0.05, 0.1) is 13.2 Å². The SMILES string of the molecule is CCCOc1ccc(C(=O)Nc2ccc(-c3n[nH]c(C)n3)cc2)cc1OCC. The summed E-state index contributed by atoms with van der Waals surface area (Å²) in [6.07, 6.45) is 0.900. The third-order valence-corrected chi connectivity index (χ3v) is 3.97. The van der Waals surface area contributed by atoms with Gasteiger partial charge in [0.2, 0.25) is 0 Å². The molecule has 0 bridgehead atoms. The fraction of sp³-hybridized carbons (Fsp3) is 0.286. The molecule has 28 heavy (non-hydrogen) atoms. The fourth-order valence-electron chi connectivity index (χ4n) is 2.63. The molecule has 0 radical (unpaired) electrons. The van der Waals surface area contributed by atoms with Crippen LogP contribution >= 0.6 is 0 Å². The largest absolute Gasteiger partial charge is 0.490 e. The third kappa shape index (κ3) is 4.68. The molecule has 0 unspecified atom stereocenters. The number of aromatic nitrogens is 3. The van der Waals surface area contributed by atoms with Gasteiger partial charge in [0.1, 0.15) is 5.82 Å². The molecule has 3 rings (SSSR count). The van der Waals surface area contributed by atoms with Gasteiger partial charge in [-0.2, -0.15) is 5.10 Å². The summed E-state index contributed by atoms with van der Waals surface area (Å²) < 4.78 is 11.3. The summed E-state index contributed by atoms with van der Waals surface area (Å²) in [5.74, 6) is 2.37. The number of nitrogens with one attached hydrogen (secondary N) is 2. The molecule has 0 spiro atoms. The smallest absolute Gasteiger partial charge is 0.255 e. The highest BCUT2D eigenvalue weighted by Gasteiger charge is 2.12. The Balaban J connectivity index is 1.72. The van der Waals surface area contributed by atoms with Crippen LogP contribution in [0.15, 0.2) is 42.5 Å². The van der Waals surface area contributed by atoms with Crippen molar-refractivity contribution in [3.8, 4) is 22.9 Å². The number of carbonyl (C=O) groups excluding carboxylic acids is 1. The molecule has 0 saturated carbocycles. The van der Waals surface area contributed by atoms with Gasteiger partial charge in [0.25, 0.3) is 5.91 Å². The lowest BCUT2D eigenvalue weighted by atomic mass is 10.1. The van der Waals surface area contributed by atoms with Crippen LogP contribution in [0.2, 0.25) is 0 Å². The van der Waals surface area contributed by atoms with Gasteiger partial charge in [-0.05, 0) is 62.7 Å². The maximum absolute atomic E-state index is 12.6. The highest BCUT2D eigenvalue weighted by molar-refractivity contribution is 6.04. The number of benzene rings is 2. The second-order valence-electron chi connectivity index (χ2n) is 6.22. The van der Waals surface area contributed by atoms with Crippen LogP contribution in [0.25, 0.3) is 11.4 Å². The summed E-state index contributed by atoms with van der Waals surface area (Å²) in [4.78, 5) is 16.9. The molecular weight excluding hydrogens is 356 g/mol. The number of ether oxygens (including phenoxy) is 2. The Morgan fingerprint density at radius 3 is 2.50 bits per heavy atom. The normalized spacial score (nSPS) is 10.5. The minimum absolute atomic E-state index is 0.218. The number of carbonyl (C=O) groups is 1. The van der Waals surface area contributed by atoms with E-state index in [9.17, 15) is 4.79 Å². The van der Waals surface area contributed by atoms with Crippen LogP contribution in [0, 0.1) is 6.92 Å². The van der Waals surface area contributed by atoms with E-state index in [-0.39, 0.29) is 5.91 Å². The minimum Gasteiger partial charge on any atom is -0.490 e. The van der Waals surface area contributed by atoms with Crippen molar-refractivity contribution in [2.45, 2.75) is 27.2 Å². The molecule has 2 N–H and O–H groups in total. The lowest BCUT2D eigenvalue weighted by Gasteiger charge is -2.13. The van der Waals surface area contributed by atoms with E-state index >= 15 is 0 Å². The lowest BCUT2D eigenvalue weighted by molar-refractivity contribution is 0.102. The van der Waals surface area contributed by atoms with Gasteiger partial charge in [-0.3, -0.25) is 9.89 Å². The number of H-pyrrole nitrogens is 1. The number of nitrogens with zero attached hydrogens (tertiary/aromatic N) is 2. The van der Waals surface area contributed by atoms with Crippen molar-refractivity contribution < 1.29 is 14.3 Å². The van der Waals surface area contributed by atoms with Crippen molar-refractivity contribution in [2.24, 2.45) is 0 Å². The molecule has 1 amide bonds. The average Bonchev–Trinajstić information content (AvgIpc) is 3.14. The first kappa shape index (κ1) is 19.4. The maximum Gasteiger partial charge on any atom is 0.255 e. The molecule has 146 valence electrons. The van der Waals surface area contributed by atoms with Gasteiger partial charge in [0.15, 0.2) is 17.3 Å². The van der Waals surface area contributed by atoms with Gasteiger partial charge >= 0.3 is 0 Å². The van der Waals surface area contributed by atoms with E-state index in [0.717, 1.165) is 17.8 Å². The number of anilines is 1. The molecule has 1 aromatic heterocycles. The quantitative estimate of drug-likeness (QED) is 0.611. The number of aryl methyl sites for hydroxylation is 1. The Morgan fingerprint density at radius 2 is 1.86 bits per heavy atom. The van der Waals surface area contributed by atoms with Crippen molar-refractivity contribution in [3.63, 3.8) is 0 Å². The minimum atomic E-state index is -0.218. The summed E-state index contributed by atoms with van der Waals surface area (Å²) in [7, 11) is 0. The predicted molar refractivity (Wildman–Crippen MR) is 108 cm³/mol. The van der Waals surface area contributed by atoms with E-state index in [4.69, 9.17) is 9.47 Å². The first-order valence-corrected chi connectivity index (χ1v) is 9.31. The molecule has 0 fully saturated rings. The molecule has 3 aromatic rings. The van der Waals surface area contributed by atoms with E-state index in [1.54, 1.807) is 18.2 Å². The molecule has 0 atom stereocenters. The highest BCUT2D eigenvalue weighted by Crippen LogP contribution is 2.29. The van der Waals surface area contributed by atoms with Crippen LogP contribution in [0.5, 0.6) is 11.5 Å². The summed E-state index contributed by atoms with van der Waals surface area (Å²) in [5.41, 5.74) is 2.06. The number of hydrogen-bond acceptors (Lipinski definition) is 5. The van der Waals surface area contributed by atoms with Crippen LogP contribution in [0.1, 0.15) is 36.5 Å². The van der Waals surface area contributed by atoms with Crippen LogP contribution in [-0.4, -0.2) is 34.3 Å². The molecule has 0 saturated heterocycles. The Morgan fingerprint density at radius 1 is 1.07 bits per heavy atom. The van der Waals surface area contributed by atoms with Crippen LogP contribution in [-0.2, 0) is 0 Å². The maximum atomic E-state index is 12.6. The standard InChI is InChI=1S/C21H24N4O3/c1-4-12-28-18-11-8-16(13-19(18)27-5-2)21(26)23-17-9-6-15(7-10-17)20-22-14(3)24-25-20/h6-11,13H,4-5,12H2,1-3H3,(H,23,26)(H,22,24,25). The number of hydrogen-bond donors (Lipinski definition) is 2. The number of rotatable bonds is 8. The second kappa shape index (κ2) is 9.03. The first-order valence-electron chi connectivity index (χ1n) is 9.31. The molecule has 2 aromatic carbocycles. The topological polar surface area (TPSA) is 89.1 Å². The zero-order valence-corrected chi connectivity index (χ0v) is 16.3. The van der Waals surface area contributed by atoms with Crippen LogP contribution in [0.4, 0.5) is 5.69 Å². The summed E-state index contributed by atoms with van der Waals surface area (Å²) in [6, 6.07) is 12.6. The van der Waals surface area contributed by atoms with Gasteiger partial charge < -0.3 is 14.8 Å². The van der Waals surface area contributed by atoms with Crippen molar-refractivity contribution in [1.82, 2.24) is 15.2 Å². The highest BCUT2D eigenvalue weighted by atomic mass is 16.5. The van der Waals surface area contributed by atoms with Crippen molar-refractivity contribution >= 4 is 11.6 Å². The van der Waals surface area contributed by atoms with Crippen LogP contribution in [0.3, 0.4) is 0 Å². The van der Waals surface area contributed by atoms with E-state index < -0.39 is 0 Å². The fourth-order valence-corrected chi connectivity index (χ4v) is 2.63. The van der Waals surface area contributed by atoms with Gasteiger partial charge in [0, 0.05) is 16.8 Å². The van der Waals surface area contributed by atoms with E-state index in [2.05, 4.69) is 20.5 Å². The molecule has 7 nitrogen and oxygen atoms in total. The molecule has 0 aliphatic carbocycles.